The fourth-order valence-corrected chi connectivity index (χ4v) is 7.00. The second-order valence-electron chi connectivity index (χ2n) is 16.4. The summed E-state index contributed by atoms with van der Waals surface area (Å²) < 4.78 is 16.7. The van der Waals surface area contributed by atoms with Gasteiger partial charge in [0.05, 0.1) is 0 Å². The lowest BCUT2D eigenvalue weighted by atomic mass is 10.0. The highest BCUT2D eigenvalue weighted by molar-refractivity contribution is 5.71. The third kappa shape index (κ3) is 43.0. The topological polar surface area (TPSA) is 78.9 Å². The maximum absolute atomic E-state index is 12.7. The van der Waals surface area contributed by atoms with Gasteiger partial charge in [0.2, 0.25) is 0 Å². The highest BCUT2D eigenvalue weighted by Gasteiger charge is 2.19. The Balaban J connectivity index is 4.34. The van der Waals surface area contributed by atoms with Gasteiger partial charge in [-0.2, -0.15) is 0 Å². The predicted molar refractivity (Wildman–Crippen MR) is 238 cm³/mol. The monoisotopic (exact) mass is 789 g/mol. The van der Waals surface area contributed by atoms with E-state index >= 15 is 0 Å². The molecular formula is C50H92O6. The fraction of sp³-hybridized carbons (Fsp3) is 0.860. The van der Waals surface area contributed by atoms with Crippen molar-refractivity contribution in [1.29, 1.82) is 0 Å². The molecule has 0 spiro atoms. The standard InChI is InChI=1S/C50H92O6/c1-4-7-10-13-16-19-22-24-25-26-27-29-31-34-37-40-43-49(52)55-46-47(45-54-48(51)42-39-36-33-30-21-18-15-12-9-6-3)56-50(53)44-41-38-35-32-28-23-20-17-14-11-8-5-2/h19,22,25-26,47H,4-18,20-21,23-24,27-46H2,1-3H3/b22-19-,26-25-. The molecule has 0 saturated heterocycles. The second kappa shape index (κ2) is 45.6. The Bertz CT molecular complexity index is 911. The zero-order chi connectivity index (χ0) is 40.8. The Morgan fingerprint density at radius 3 is 1.00 bits per heavy atom. The lowest BCUT2D eigenvalue weighted by Crippen LogP contribution is -2.30. The van der Waals surface area contributed by atoms with Crippen molar-refractivity contribution in [2.45, 2.75) is 264 Å². The Hall–Kier alpha value is -2.11. The number of esters is 3. The molecule has 0 aliphatic heterocycles. The van der Waals surface area contributed by atoms with Crippen molar-refractivity contribution in [2.24, 2.45) is 0 Å². The van der Waals surface area contributed by atoms with E-state index in [0.29, 0.717) is 19.3 Å². The van der Waals surface area contributed by atoms with E-state index in [0.717, 1.165) is 77.0 Å². The van der Waals surface area contributed by atoms with Gasteiger partial charge in [0.25, 0.3) is 0 Å². The van der Waals surface area contributed by atoms with Crippen LogP contribution in [-0.2, 0) is 28.6 Å². The van der Waals surface area contributed by atoms with Crippen LogP contribution in [0.5, 0.6) is 0 Å². The molecule has 1 unspecified atom stereocenters. The lowest BCUT2D eigenvalue weighted by Gasteiger charge is -2.18. The Morgan fingerprint density at radius 1 is 0.357 bits per heavy atom. The van der Waals surface area contributed by atoms with Gasteiger partial charge in [-0.25, -0.2) is 0 Å². The summed E-state index contributed by atoms with van der Waals surface area (Å²) in [6.45, 7) is 6.61. The SMILES string of the molecule is CCCCCC/C=C\C/C=C\CCCCCCCC(=O)OCC(COC(=O)CCCCCCCCCCCC)OC(=O)CCCCCCCCCCCCCC. The van der Waals surface area contributed by atoms with Gasteiger partial charge in [-0.05, 0) is 51.4 Å². The maximum atomic E-state index is 12.7. The van der Waals surface area contributed by atoms with Gasteiger partial charge >= 0.3 is 17.9 Å². The minimum Gasteiger partial charge on any atom is -0.462 e. The van der Waals surface area contributed by atoms with Crippen molar-refractivity contribution >= 4 is 17.9 Å². The number of hydrogen-bond donors (Lipinski definition) is 0. The lowest BCUT2D eigenvalue weighted by molar-refractivity contribution is -0.167. The smallest absolute Gasteiger partial charge is 0.306 e. The second-order valence-corrected chi connectivity index (χ2v) is 16.4. The first kappa shape index (κ1) is 53.9. The van der Waals surface area contributed by atoms with Gasteiger partial charge in [0.1, 0.15) is 13.2 Å². The molecule has 0 rings (SSSR count). The van der Waals surface area contributed by atoms with Crippen molar-refractivity contribution in [3.8, 4) is 0 Å². The molecule has 0 amide bonds. The molecule has 0 radical (unpaired) electrons. The average molecular weight is 789 g/mol. The molecule has 0 N–H and O–H groups in total. The van der Waals surface area contributed by atoms with E-state index in [4.69, 9.17) is 14.2 Å². The van der Waals surface area contributed by atoms with Crippen LogP contribution >= 0.6 is 0 Å². The van der Waals surface area contributed by atoms with E-state index in [9.17, 15) is 14.4 Å². The summed E-state index contributed by atoms with van der Waals surface area (Å²) in [6, 6.07) is 0. The summed E-state index contributed by atoms with van der Waals surface area (Å²) in [6.07, 6.45) is 50.1. The molecule has 1 atom stereocenters. The number of hydrogen-bond acceptors (Lipinski definition) is 6. The zero-order valence-corrected chi connectivity index (χ0v) is 37.4. The first-order valence-electron chi connectivity index (χ1n) is 24.3. The highest BCUT2D eigenvalue weighted by Crippen LogP contribution is 2.15. The maximum Gasteiger partial charge on any atom is 0.306 e. The van der Waals surface area contributed by atoms with Crippen LogP contribution in [0.15, 0.2) is 24.3 Å². The van der Waals surface area contributed by atoms with Crippen molar-refractivity contribution in [1.82, 2.24) is 0 Å². The summed E-state index contributed by atoms with van der Waals surface area (Å²) in [4.78, 5) is 37.8. The van der Waals surface area contributed by atoms with E-state index in [1.807, 2.05) is 0 Å². The number of carbonyl (C=O) groups is 3. The van der Waals surface area contributed by atoms with Crippen LogP contribution in [0.4, 0.5) is 0 Å². The van der Waals surface area contributed by atoms with E-state index in [1.165, 1.54) is 141 Å². The number of rotatable bonds is 44. The normalized spacial score (nSPS) is 12.1. The van der Waals surface area contributed by atoms with E-state index in [-0.39, 0.29) is 31.1 Å². The van der Waals surface area contributed by atoms with Gasteiger partial charge in [-0.1, -0.05) is 212 Å². The molecule has 0 aromatic heterocycles. The van der Waals surface area contributed by atoms with E-state index < -0.39 is 6.10 Å². The molecule has 0 bridgehead atoms. The average Bonchev–Trinajstić information content (AvgIpc) is 3.19. The summed E-state index contributed by atoms with van der Waals surface area (Å²) in [5.41, 5.74) is 0. The van der Waals surface area contributed by atoms with Gasteiger partial charge < -0.3 is 14.2 Å². The molecule has 0 aliphatic rings. The zero-order valence-electron chi connectivity index (χ0n) is 37.4. The number of carbonyl (C=O) groups excluding carboxylic acids is 3. The van der Waals surface area contributed by atoms with E-state index in [2.05, 4.69) is 45.1 Å². The van der Waals surface area contributed by atoms with E-state index in [1.54, 1.807) is 0 Å². The minimum absolute atomic E-state index is 0.0716. The van der Waals surface area contributed by atoms with Gasteiger partial charge in [-0.15, -0.1) is 0 Å². The Kier molecular flexibility index (Phi) is 43.9. The van der Waals surface area contributed by atoms with Crippen LogP contribution in [0, 0.1) is 0 Å². The van der Waals surface area contributed by atoms with Crippen LogP contribution in [0.25, 0.3) is 0 Å². The van der Waals surface area contributed by atoms with Gasteiger partial charge in [0, 0.05) is 19.3 Å². The number of ether oxygens (including phenoxy) is 3. The highest BCUT2D eigenvalue weighted by atomic mass is 16.6. The predicted octanol–water partition coefficient (Wildman–Crippen LogP) is 15.6. The van der Waals surface area contributed by atoms with Crippen LogP contribution in [0.1, 0.15) is 258 Å². The summed E-state index contributed by atoms with van der Waals surface area (Å²) >= 11 is 0. The van der Waals surface area contributed by atoms with Gasteiger partial charge in [0.15, 0.2) is 6.10 Å². The van der Waals surface area contributed by atoms with Crippen LogP contribution in [-0.4, -0.2) is 37.2 Å². The molecule has 328 valence electrons. The molecule has 0 aromatic carbocycles. The van der Waals surface area contributed by atoms with Gasteiger partial charge in [-0.3, -0.25) is 14.4 Å². The summed E-state index contributed by atoms with van der Waals surface area (Å²) in [7, 11) is 0. The Labute approximate surface area is 347 Å². The first-order chi connectivity index (χ1) is 27.5. The Morgan fingerprint density at radius 2 is 0.643 bits per heavy atom. The molecule has 6 nitrogen and oxygen atoms in total. The molecule has 0 saturated carbocycles. The van der Waals surface area contributed by atoms with Crippen molar-refractivity contribution in [3.63, 3.8) is 0 Å². The molecule has 0 fully saturated rings. The largest absolute Gasteiger partial charge is 0.462 e. The summed E-state index contributed by atoms with van der Waals surface area (Å²) in [5.74, 6) is -0.878. The molecule has 6 heteroatoms. The molecule has 0 aliphatic carbocycles. The molecule has 0 aromatic rings. The number of allylic oxidation sites excluding steroid dienone is 4. The molecular weight excluding hydrogens is 697 g/mol. The first-order valence-corrected chi connectivity index (χ1v) is 24.3. The molecule has 0 heterocycles. The third-order valence-electron chi connectivity index (χ3n) is 10.7. The van der Waals surface area contributed by atoms with Crippen LogP contribution < -0.4 is 0 Å². The third-order valence-corrected chi connectivity index (χ3v) is 10.7. The van der Waals surface area contributed by atoms with Crippen LogP contribution in [0.2, 0.25) is 0 Å². The minimum atomic E-state index is -0.769. The molecule has 56 heavy (non-hydrogen) atoms. The fourth-order valence-electron chi connectivity index (χ4n) is 7.00. The summed E-state index contributed by atoms with van der Waals surface area (Å²) in [5, 5.41) is 0. The number of unbranched alkanes of at least 4 members (excludes halogenated alkanes) is 29. The van der Waals surface area contributed by atoms with Crippen LogP contribution in [0.3, 0.4) is 0 Å². The van der Waals surface area contributed by atoms with Crippen molar-refractivity contribution in [3.05, 3.63) is 24.3 Å². The van der Waals surface area contributed by atoms with Crippen molar-refractivity contribution < 1.29 is 28.6 Å². The quantitative estimate of drug-likeness (QED) is 0.0265. The van der Waals surface area contributed by atoms with Crippen molar-refractivity contribution in [2.75, 3.05) is 13.2 Å².